The summed E-state index contributed by atoms with van der Waals surface area (Å²) in [5, 5.41) is 9.85. The van der Waals surface area contributed by atoms with E-state index in [-0.39, 0.29) is 36.8 Å². The van der Waals surface area contributed by atoms with Crippen molar-refractivity contribution < 1.29 is 14.2 Å². The Hall–Kier alpha value is -2.68. The molecule has 0 saturated carbocycles. The Labute approximate surface area is 213 Å². The molecule has 5 atom stereocenters. The van der Waals surface area contributed by atoms with E-state index in [1.807, 2.05) is 54.6 Å². The molecule has 0 radical (unpaired) electrons. The molecule has 35 heavy (non-hydrogen) atoms. The van der Waals surface area contributed by atoms with E-state index in [2.05, 4.69) is 44.2 Å². The van der Waals surface area contributed by atoms with Crippen LogP contribution in [0.5, 0.6) is 0 Å². The summed E-state index contributed by atoms with van der Waals surface area (Å²) < 4.78 is 19.8. The lowest BCUT2D eigenvalue weighted by Crippen LogP contribution is -2.51. The van der Waals surface area contributed by atoms with Gasteiger partial charge in [0.05, 0.1) is 37.9 Å². The number of benzene rings is 3. The Morgan fingerprint density at radius 1 is 0.886 bits per heavy atom. The van der Waals surface area contributed by atoms with Crippen LogP contribution in [-0.2, 0) is 33.8 Å². The lowest BCUT2D eigenvalue weighted by atomic mass is 9.84. The minimum atomic E-state index is -0.338. The number of nitriles is 1. The maximum absolute atomic E-state index is 9.26. The lowest BCUT2D eigenvalue weighted by Gasteiger charge is -2.46. The summed E-state index contributed by atoms with van der Waals surface area (Å²) in [6.45, 7) is 5.28. The molecule has 3 aromatic carbocycles. The van der Waals surface area contributed by atoms with Gasteiger partial charge in [0.25, 0.3) is 0 Å². The van der Waals surface area contributed by atoms with Gasteiger partial charge < -0.3 is 14.2 Å². The van der Waals surface area contributed by atoms with Gasteiger partial charge in [0.15, 0.2) is 0 Å². The van der Waals surface area contributed by atoms with Crippen molar-refractivity contribution in [3.05, 3.63) is 106 Å². The summed E-state index contributed by atoms with van der Waals surface area (Å²) in [5.74, 6) is 0.145. The molecule has 0 bridgehead atoms. The molecule has 0 unspecified atom stereocenters. The first kappa shape index (κ1) is 25.4. The highest BCUT2D eigenvalue weighted by molar-refractivity contribution is 6.31. The van der Waals surface area contributed by atoms with Gasteiger partial charge in [-0.15, -0.1) is 0 Å². The van der Waals surface area contributed by atoms with Crippen LogP contribution in [0.2, 0.25) is 5.02 Å². The summed E-state index contributed by atoms with van der Waals surface area (Å²) in [7, 11) is 0. The quantitative estimate of drug-likeness (QED) is 0.322. The number of rotatable bonds is 9. The van der Waals surface area contributed by atoms with Crippen LogP contribution in [0.15, 0.2) is 78.9 Å². The minimum absolute atomic E-state index is 0.0208. The maximum atomic E-state index is 9.26. The zero-order chi connectivity index (χ0) is 24.6. The Bertz CT molecular complexity index is 1120. The highest BCUT2D eigenvalue weighted by Gasteiger charge is 2.45. The first-order chi connectivity index (χ1) is 17.1. The first-order valence-electron chi connectivity index (χ1n) is 12.2. The number of hydrogen-bond donors (Lipinski definition) is 0. The van der Waals surface area contributed by atoms with Crippen LogP contribution in [-0.4, -0.2) is 18.3 Å². The summed E-state index contributed by atoms with van der Waals surface area (Å²) in [4.78, 5) is 0. The van der Waals surface area contributed by atoms with E-state index < -0.39 is 0 Å². The number of halogens is 1. The number of ether oxygens (including phenoxy) is 3. The zero-order valence-electron chi connectivity index (χ0n) is 20.3. The second-order valence-electron chi connectivity index (χ2n) is 9.07. The number of nitrogens with zero attached hydrogens (tertiary/aromatic N) is 1. The minimum Gasteiger partial charge on any atom is -0.370 e. The average molecular weight is 490 g/mol. The van der Waals surface area contributed by atoms with E-state index in [1.54, 1.807) is 0 Å². The number of hydrogen-bond acceptors (Lipinski definition) is 4. The van der Waals surface area contributed by atoms with Crippen LogP contribution in [0.1, 0.15) is 48.6 Å². The molecule has 0 aliphatic carbocycles. The fourth-order valence-electron chi connectivity index (χ4n) is 4.76. The zero-order valence-corrected chi connectivity index (χ0v) is 21.0. The Kier molecular flexibility index (Phi) is 8.95. The molecule has 1 heterocycles. The van der Waals surface area contributed by atoms with Gasteiger partial charge in [-0.1, -0.05) is 98.2 Å². The van der Waals surface area contributed by atoms with Gasteiger partial charge in [0, 0.05) is 10.9 Å². The van der Waals surface area contributed by atoms with Crippen molar-refractivity contribution in [2.45, 2.75) is 64.3 Å². The topological polar surface area (TPSA) is 51.5 Å². The molecular formula is C30H32ClNO3. The molecule has 1 aliphatic rings. The van der Waals surface area contributed by atoms with Crippen LogP contribution in [0.25, 0.3) is 0 Å². The van der Waals surface area contributed by atoms with E-state index in [9.17, 15) is 5.26 Å². The third kappa shape index (κ3) is 6.31. The van der Waals surface area contributed by atoms with Gasteiger partial charge in [0.2, 0.25) is 0 Å². The standard InChI is InChI=1S/C30H32ClNO3/c1-3-27-21(2)28(33-19-22-10-6-4-7-11-22)30(34-20-23-12-8-5-9-13-23)29(35-27)25-14-15-26(31)24(18-25)16-17-32/h4-15,18,21,27-30H,3,16,19-20H2,1-2H3/t21-,27-,28+,29+,30-/m1/s1. The van der Waals surface area contributed by atoms with Gasteiger partial charge in [-0.2, -0.15) is 5.26 Å². The molecule has 1 aliphatic heterocycles. The van der Waals surface area contributed by atoms with E-state index >= 15 is 0 Å². The highest BCUT2D eigenvalue weighted by Crippen LogP contribution is 2.41. The molecule has 1 saturated heterocycles. The Balaban J connectivity index is 1.66. The van der Waals surface area contributed by atoms with Gasteiger partial charge >= 0.3 is 0 Å². The smallest absolute Gasteiger partial charge is 0.115 e. The molecule has 0 amide bonds. The van der Waals surface area contributed by atoms with Gasteiger partial charge in [-0.05, 0) is 34.7 Å². The lowest BCUT2D eigenvalue weighted by molar-refractivity contribution is -0.234. The van der Waals surface area contributed by atoms with Crippen molar-refractivity contribution >= 4 is 11.6 Å². The van der Waals surface area contributed by atoms with Crippen LogP contribution in [0.4, 0.5) is 0 Å². The predicted molar refractivity (Wildman–Crippen MR) is 138 cm³/mol. The van der Waals surface area contributed by atoms with E-state index in [0.717, 1.165) is 28.7 Å². The second kappa shape index (κ2) is 12.3. The molecule has 4 nitrogen and oxygen atoms in total. The predicted octanol–water partition coefficient (Wildman–Crippen LogP) is 7.06. The highest BCUT2D eigenvalue weighted by atomic mass is 35.5. The molecule has 1 fully saturated rings. The van der Waals surface area contributed by atoms with E-state index in [1.165, 1.54) is 0 Å². The van der Waals surface area contributed by atoms with E-state index in [4.69, 9.17) is 25.8 Å². The summed E-state index contributed by atoms with van der Waals surface area (Å²) in [6, 6.07) is 28.4. The molecule has 0 N–H and O–H groups in total. The van der Waals surface area contributed by atoms with Crippen molar-refractivity contribution in [1.29, 1.82) is 5.26 Å². The normalized spacial score (nSPS) is 24.1. The van der Waals surface area contributed by atoms with Gasteiger partial charge in [-0.3, -0.25) is 0 Å². The summed E-state index contributed by atoms with van der Waals surface area (Å²) >= 11 is 6.37. The third-order valence-electron chi connectivity index (χ3n) is 6.69. The fourth-order valence-corrected chi connectivity index (χ4v) is 4.95. The Morgan fingerprint density at radius 3 is 2.06 bits per heavy atom. The van der Waals surface area contributed by atoms with Crippen molar-refractivity contribution in [3.63, 3.8) is 0 Å². The molecule has 4 rings (SSSR count). The summed E-state index contributed by atoms with van der Waals surface area (Å²) in [6.07, 6.45) is 0.303. The molecule has 0 spiro atoms. The summed E-state index contributed by atoms with van der Waals surface area (Å²) in [5.41, 5.74) is 3.97. The van der Waals surface area contributed by atoms with Crippen molar-refractivity contribution in [1.82, 2.24) is 0 Å². The molecule has 5 heteroatoms. The molecule has 0 aromatic heterocycles. The molecular weight excluding hydrogens is 458 g/mol. The van der Waals surface area contributed by atoms with Gasteiger partial charge in [-0.25, -0.2) is 0 Å². The largest absolute Gasteiger partial charge is 0.370 e. The fraction of sp³-hybridized carbons (Fsp3) is 0.367. The molecule has 182 valence electrons. The van der Waals surface area contributed by atoms with Crippen molar-refractivity contribution in [2.24, 2.45) is 5.92 Å². The monoisotopic (exact) mass is 489 g/mol. The van der Waals surface area contributed by atoms with Crippen LogP contribution in [0.3, 0.4) is 0 Å². The second-order valence-corrected chi connectivity index (χ2v) is 9.48. The average Bonchev–Trinajstić information content (AvgIpc) is 2.89. The first-order valence-corrected chi connectivity index (χ1v) is 12.6. The van der Waals surface area contributed by atoms with Gasteiger partial charge in [0.1, 0.15) is 12.2 Å². The third-order valence-corrected chi connectivity index (χ3v) is 7.06. The molecule has 3 aromatic rings. The SMILES string of the molecule is CC[C@H]1O[C@@H](c2ccc(Cl)c(CC#N)c2)[C@H](OCc2ccccc2)[C@@H](OCc2ccccc2)[C@@H]1C. The van der Waals surface area contributed by atoms with Crippen molar-refractivity contribution in [3.8, 4) is 6.07 Å². The Morgan fingerprint density at radius 2 is 1.49 bits per heavy atom. The van der Waals surface area contributed by atoms with Crippen LogP contribution >= 0.6 is 11.6 Å². The van der Waals surface area contributed by atoms with E-state index in [0.29, 0.717) is 18.2 Å². The van der Waals surface area contributed by atoms with Crippen LogP contribution < -0.4 is 0 Å². The van der Waals surface area contributed by atoms with Crippen LogP contribution in [0, 0.1) is 17.2 Å². The van der Waals surface area contributed by atoms with Crippen molar-refractivity contribution in [2.75, 3.05) is 0 Å². The maximum Gasteiger partial charge on any atom is 0.115 e.